The van der Waals surface area contributed by atoms with Gasteiger partial charge in [0.05, 0.1) is 6.61 Å². The number of aliphatic carboxylic acids is 1. The highest BCUT2D eigenvalue weighted by atomic mass is 28.4. The molecule has 0 bridgehead atoms. The Hall–Kier alpha value is -1.39. The van der Waals surface area contributed by atoms with Crippen LogP contribution < -0.4 is 0 Å². The lowest BCUT2D eigenvalue weighted by Crippen LogP contribution is -2.40. The second-order valence-electron chi connectivity index (χ2n) is 6.42. The van der Waals surface area contributed by atoms with Gasteiger partial charge in [0.25, 0.3) is 0 Å². The molecule has 0 aliphatic carbocycles. The van der Waals surface area contributed by atoms with Crippen LogP contribution in [0.2, 0.25) is 18.1 Å². The maximum Gasteiger partial charge on any atom is 0.328 e. The summed E-state index contributed by atoms with van der Waals surface area (Å²) in [6.45, 7) is 11.6. The lowest BCUT2D eigenvalue weighted by atomic mass is 10.1. The standard InChI is InChI=1S/C16H24O3Si/c1-16(2,3)20(4,5)19-12-14-9-7-6-8-13(14)10-11-15(17)18/h6-11H,12H2,1-5H3,(H,17,18). The summed E-state index contributed by atoms with van der Waals surface area (Å²) in [6, 6.07) is 7.73. The van der Waals surface area contributed by atoms with E-state index in [1.54, 1.807) is 6.08 Å². The molecule has 0 aliphatic rings. The number of benzene rings is 1. The van der Waals surface area contributed by atoms with Crippen molar-refractivity contribution < 1.29 is 14.3 Å². The van der Waals surface area contributed by atoms with Crippen LogP contribution in [0.25, 0.3) is 6.08 Å². The van der Waals surface area contributed by atoms with Gasteiger partial charge in [-0.2, -0.15) is 0 Å². The lowest BCUT2D eigenvalue weighted by Gasteiger charge is -2.36. The molecule has 0 atom stereocenters. The molecular weight excluding hydrogens is 268 g/mol. The zero-order valence-electron chi connectivity index (χ0n) is 12.9. The normalized spacial score (nSPS) is 12.8. The Labute approximate surface area is 122 Å². The summed E-state index contributed by atoms with van der Waals surface area (Å²) in [6.07, 6.45) is 2.78. The molecule has 1 N–H and O–H groups in total. The van der Waals surface area contributed by atoms with Crippen LogP contribution in [0.5, 0.6) is 0 Å². The van der Waals surface area contributed by atoms with E-state index in [1.807, 2.05) is 24.3 Å². The third-order valence-electron chi connectivity index (χ3n) is 3.86. The lowest BCUT2D eigenvalue weighted by molar-refractivity contribution is -0.131. The van der Waals surface area contributed by atoms with E-state index in [0.717, 1.165) is 17.2 Å². The van der Waals surface area contributed by atoms with Crippen molar-refractivity contribution >= 4 is 20.4 Å². The topological polar surface area (TPSA) is 46.5 Å². The first kappa shape index (κ1) is 16.7. The predicted molar refractivity (Wildman–Crippen MR) is 85.1 cm³/mol. The van der Waals surface area contributed by atoms with Gasteiger partial charge in [-0.15, -0.1) is 0 Å². The molecule has 1 rings (SSSR count). The number of hydrogen-bond donors (Lipinski definition) is 1. The second-order valence-corrected chi connectivity index (χ2v) is 11.2. The SMILES string of the molecule is CC(C)(C)[Si](C)(C)OCc1ccccc1C=CC(=O)O. The molecule has 1 aromatic carbocycles. The fourth-order valence-corrected chi connectivity index (χ4v) is 2.41. The highest BCUT2D eigenvalue weighted by molar-refractivity contribution is 6.74. The third-order valence-corrected chi connectivity index (χ3v) is 8.33. The van der Waals surface area contributed by atoms with E-state index >= 15 is 0 Å². The van der Waals surface area contributed by atoms with Crippen LogP contribution in [0.3, 0.4) is 0 Å². The van der Waals surface area contributed by atoms with E-state index in [2.05, 4.69) is 33.9 Å². The van der Waals surface area contributed by atoms with Crippen molar-refractivity contribution in [3.63, 3.8) is 0 Å². The molecule has 0 aromatic heterocycles. The Morgan fingerprint density at radius 2 is 1.90 bits per heavy atom. The molecule has 0 heterocycles. The smallest absolute Gasteiger partial charge is 0.328 e. The quantitative estimate of drug-likeness (QED) is 0.650. The van der Waals surface area contributed by atoms with Crippen LogP contribution in [-0.2, 0) is 15.8 Å². The Bertz CT molecular complexity index is 499. The molecule has 0 spiro atoms. The summed E-state index contributed by atoms with van der Waals surface area (Å²) in [7, 11) is -1.80. The first-order valence-electron chi connectivity index (χ1n) is 6.76. The average molecular weight is 292 g/mol. The number of carbonyl (C=O) groups is 1. The number of rotatable bonds is 5. The van der Waals surface area contributed by atoms with E-state index in [4.69, 9.17) is 9.53 Å². The van der Waals surface area contributed by atoms with Crippen molar-refractivity contribution in [2.75, 3.05) is 0 Å². The molecule has 4 heteroatoms. The maximum atomic E-state index is 10.6. The van der Waals surface area contributed by atoms with Crippen LogP contribution in [0, 0.1) is 0 Å². The molecule has 0 fully saturated rings. The van der Waals surface area contributed by atoms with Gasteiger partial charge in [-0.1, -0.05) is 45.0 Å². The van der Waals surface area contributed by atoms with E-state index < -0.39 is 14.3 Å². The first-order valence-corrected chi connectivity index (χ1v) is 9.67. The van der Waals surface area contributed by atoms with Crippen LogP contribution in [0.15, 0.2) is 30.3 Å². The highest BCUT2D eigenvalue weighted by Crippen LogP contribution is 2.37. The third kappa shape index (κ3) is 4.61. The molecule has 0 unspecified atom stereocenters. The molecule has 110 valence electrons. The minimum absolute atomic E-state index is 0.166. The van der Waals surface area contributed by atoms with Gasteiger partial charge in [0.2, 0.25) is 0 Å². The summed E-state index contributed by atoms with van der Waals surface area (Å²) in [5.41, 5.74) is 1.92. The van der Waals surface area contributed by atoms with Crippen LogP contribution in [0.1, 0.15) is 31.9 Å². The molecule has 0 amide bonds. The number of hydrogen-bond acceptors (Lipinski definition) is 2. The predicted octanol–water partition coefficient (Wildman–Crippen LogP) is 4.31. The van der Waals surface area contributed by atoms with Crippen molar-refractivity contribution in [1.29, 1.82) is 0 Å². The van der Waals surface area contributed by atoms with Gasteiger partial charge in [0, 0.05) is 6.08 Å². The van der Waals surface area contributed by atoms with Crippen molar-refractivity contribution in [3.05, 3.63) is 41.5 Å². The zero-order valence-corrected chi connectivity index (χ0v) is 13.9. The summed E-state index contributed by atoms with van der Waals surface area (Å²) >= 11 is 0. The van der Waals surface area contributed by atoms with Crippen molar-refractivity contribution in [3.8, 4) is 0 Å². The fourth-order valence-electron chi connectivity index (χ4n) is 1.46. The van der Waals surface area contributed by atoms with Crippen LogP contribution >= 0.6 is 0 Å². The Morgan fingerprint density at radius 3 is 2.45 bits per heavy atom. The average Bonchev–Trinajstić information content (AvgIpc) is 2.33. The summed E-state index contributed by atoms with van der Waals surface area (Å²) in [4.78, 5) is 10.6. The van der Waals surface area contributed by atoms with Gasteiger partial charge in [0.1, 0.15) is 0 Å². The Morgan fingerprint density at radius 1 is 1.30 bits per heavy atom. The van der Waals surface area contributed by atoms with E-state index in [-0.39, 0.29) is 5.04 Å². The molecule has 0 radical (unpaired) electrons. The van der Waals surface area contributed by atoms with Gasteiger partial charge in [-0.25, -0.2) is 4.79 Å². The molecule has 0 saturated carbocycles. The van der Waals surface area contributed by atoms with Crippen LogP contribution in [0.4, 0.5) is 0 Å². The molecule has 0 saturated heterocycles. The first-order chi connectivity index (χ1) is 9.13. The summed E-state index contributed by atoms with van der Waals surface area (Å²) < 4.78 is 6.19. The minimum Gasteiger partial charge on any atom is -0.478 e. The molecule has 20 heavy (non-hydrogen) atoms. The van der Waals surface area contributed by atoms with Crippen molar-refractivity contribution in [1.82, 2.24) is 0 Å². The molecule has 0 aliphatic heterocycles. The van der Waals surface area contributed by atoms with Gasteiger partial charge >= 0.3 is 5.97 Å². The molecule has 1 aromatic rings. The largest absolute Gasteiger partial charge is 0.478 e. The van der Waals surface area contributed by atoms with Crippen LogP contribution in [-0.4, -0.2) is 19.4 Å². The fraction of sp³-hybridized carbons (Fsp3) is 0.438. The second kappa shape index (κ2) is 6.37. The maximum absolute atomic E-state index is 10.6. The monoisotopic (exact) mass is 292 g/mol. The number of carboxylic acids is 1. The molecular formula is C16H24O3Si. The Kier molecular flexibility index (Phi) is 5.31. The van der Waals surface area contributed by atoms with E-state index in [9.17, 15) is 4.79 Å². The van der Waals surface area contributed by atoms with Gasteiger partial charge in [-0.3, -0.25) is 0 Å². The summed E-state index contributed by atoms with van der Waals surface area (Å²) in [5, 5.41) is 8.89. The van der Waals surface area contributed by atoms with Crippen molar-refractivity contribution in [2.45, 2.75) is 45.5 Å². The van der Waals surface area contributed by atoms with E-state index in [1.165, 1.54) is 0 Å². The molecule has 3 nitrogen and oxygen atoms in total. The zero-order chi connectivity index (χ0) is 15.4. The minimum atomic E-state index is -1.80. The highest BCUT2D eigenvalue weighted by Gasteiger charge is 2.37. The van der Waals surface area contributed by atoms with Crippen molar-refractivity contribution in [2.24, 2.45) is 0 Å². The van der Waals surface area contributed by atoms with Gasteiger partial charge < -0.3 is 9.53 Å². The Balaban J connectivity index is 2.86. The van der Waals surface area contributed by atoms with E-state index in [0.29, 0.717) is 6.61 Å². The van der Waals surface area contributed by atoms with Gasteiger partial charge in [-0.05, 0) is 35.3 Å². The van der Waals surface area contributed by atoms with Gasteiger partial charge in [0.15, 0.2) is 8.32 Å². The summed E-state index contributed by atoms with van der Waals surface area (Å²) in [5.74, 6) is -0.940. The number of carboxylic acid groups (broad SMARTS) is 1.